The predicted molar refractivity (Wildman–Crippen MR) is 10.4 cm³/mol. The van der Waals surface area contributed by atoms with Gasteiger partial charge in [-0.2, -0.15) is 0 Å². The van der Waals surface area contributed by atoms with Crippen molar-refractivity contribution >= 4 is 8.41 Å². The van der Waals surface area contributed by atoms with Crippen LogP contribution in [-0.4, -0.2) is 8.41 Å². The van der Waals surface area contributed by atoms with Crippen LogP contribution >= 0.6 is 0 Å². The monoisotopic (exact) mass is 103 g/mol. The maximum atomic E-state index is 0. The zero-order valence-corrected chi connectivity index (χ0v) is 3.96. The van der Waals surface area contributed by atoms with Crippen molar-refractivity contribution < 1.29 is 32.7 Å². The van der Waals surface area contributed by atoms with Crippen molar-refractivity contribution in [3.05, 3.63) is 7.43 Å². The Morgan fingerprint density at radius 3 is 0.800 bits per heavy atom. The summed E-state index contributed by atoms with van der Waals surface area (Å²) in [6.07, 6.45) is 0. The van der Waals surface area contributed by atoms with Crippen LogP contribution in [0.15, 0.2) is 0 Å². The van der Waals surface area contributed by atoms with Crippen LogP contribution in [0, 0.1) is 7.43 Å². The molecule has 0 unspecified atom stereocenters. The van der Waals surface area contributed by atoms with Crippen molar-refractivity contribution in [2.24, 2.45) is 0 Å². The van der Waals surface area contributed by atoms with E-state index in [1.807, 2.05) is 0 Å². The predicted octanol–water partition coefficient (Wildman–Crippen LogP) is -0.540. The second-order valence-electron chi connectivity index (χ2n) is 0. The molecule has 0 aromatic heterocycles. The molecular weight excluding hydrogens is 103 g/mol. The van der Waals surface area contributed by atoms with Gasteiger partial charge in [-0.25, -0.2) is 0 Å². The van der Waals surface area contributed by atoms with Gasteiger partial charge in [-0.05, 0) is 0 Å². The Balaban J connectivity index is 0. The van der Waals surface area contributed by atoms with E-state index in [1.165, 1.54) is 0 Å². The van der Waals surface area contributed by atoms with Gasteiger partial charge < -0.3 is 11.0 Å². The third kappa shape index (κ3) is 70.0. The molecule has 0 atom stereocenters. The molecule has 0 aliphatic carbocycles. The van der Waals surface area contributed by atoms with Gasteiger partial charge in [0.25, 0.3) is 0 Å². The molecule has 0 fully saturated rings. The first-order chi connectivity index (χ1) is 0. The van der Waals surface area contributed by atoms with E-state index in [9.17, 15) is 0 Å². The Morgan fingerprint density at radius 2 is 0.800 bits per heavy atom. The molecule has 5 heavy (non-hydrogen) atoms. The molecule has 0 radical (unpaired) electrons. The summed E-state index contributed by atoms with van der Waals surface area (Å²) in [4.78, 5) is 0. The van der Waals surface area contributed by atoms with Crippen LogP contribution in [-0.2, 0) is 32.7 Å². The Kier molecular flexibility index (Phi) is 6770. The van der Waals surface area contributed by atoms with Crippen molar-refractivity contribution in [2.45, 2.75) is 0 Å². The Morgan fingerprint density at radius 1 is 0.800 bits per heavy atom. The van der Waals surface area contributed by atoms with E-state index in [0.29, 0.717) is 0 Å². The fraction of sp³-hybridized carbons (Fsp3) is 0. The van der Waals surface area contributed by atoms with E-state index < -0.39 is 0 Å². The van der Waals surface area contributed by atoms with Crippen molar-refractivity contribution in [1.29, 1.82) is 0 Å². The van der Waals surface area contributed by atoms with Gasteiger partial charge in [0.1, 0.15) is 0 Å². The maximum absolute atomic E-state index is 0. The van der Waals surface area contributed by atoms with Crippen molar-refractivity contribution in [2.75, 3.05) is 0 Å². The van der Waals surface area contributed by atoms with Crippen LogP contribution in [0.3, 0.4) is 0 Å². The quantitative estimate of drug-likeness (QED) is 0.369. The Labute approximate surface area is 49.0 Å². The summed E-state index contributed by atoms with van der Waals surface area (Å²) in [7, 11) is 0. The SMILES string of the molecule is [B+3].[C+4].[O-2].[O-2].[Ti+4]. The summed E-state index contributed by atoms with van der Waals surface area (Å²) < 4.78 is 0. The summed E-state index contributed by atoms with van der Waals surface area (Å²) in [6.45, 7) is 0. The molecule has 0 saturated heterocycles. The van der Waals surface area contributed by atoms with E-state index in [-0.39, 0.29) is 48.5 Å². The third-order valence-electron chi connectivity index (χ3n) is 0. The first-order valence-corrected chi connectivity index (χ1v) is 0. The van der Waals surface area contributed by atoms with E-state index in [2.05, 4.69) is 0 Å². The zero-order valence-electron chi connectivity index (χ0n) is 2.39. The fourth-order valence-electron chi connectivity index (χ4n) is 0. The van der Waals surface area contributed by atoms with Crippen LogP contribution in [0.2, 0.25) is 0 Å². The Hall–Kier alpha value is 0.699. The number of hydrogen-bond donors (Lipinski definition) is 0. The van der Waals surface area contributed by atoms with Crippen LogP contribution in [0.25, 0.3) is 0 Å². The standard InChI is InChI=1S/C.B.2O.Ti/q+4;+3;2*-2;+4. The number of rotatable bonds is 0. The zero-order chi connectivity index (χ0) is 0. The molecule has 0 amide bonds. The molecule has 16 valence electrons. The van der Waals surface area contributed by atoms with E-state index >= 15 is 0 Å². The largest absolute Gasteiger partial charge is 4.00 e. The smallest absolute Gasteiger partial charge is 2.00 e. The minimum Gasteiger partial charge on any atom is -2.00 e. The van der Waals surface area contributed by atoms with Gasteiger partial charge in [-0.15, -0.1) is 0 Å². The average Bonchev–Trinajstić information content (AvgIpc) is 0. The topological polar surface area (TPSA) is 57.0 Å². The van der Waals surface area contributed by atoms with Gasteiger partial charge in [-0.1, -0.05) is 0 Å². The summed E-state index contributed by atoms with van der Waals surface area (Å²) in [5.41, 5.74) is 0. The van der Waals surface area contributed by atoms with Gasteiger partial charge in [0.15, 0.2) is 0 Å². The average molecular weight is 103 g/mol. The summed E-state index contributed by atoms with van der Waals surface area (Å²) in [5.74, 6) is 0. The molecule has 0 saturated carbocycles. The molecule has 0 aromatic carbocycles. The van der Waals surface area contributed by atoms with Gasteiger partial charge in [-0.3, -0.25) is 0 Å². The fourth-order valence-corrected chi connectivity index (χ4v) is 0. The molecule has 0 bridgehead atoms. The molecule has 2 nitrogen and oxygen atoms in total. The molecule has 0 N–H and O–H groups in total. The number of hydrogen-bond acceptors (Lipinski definition) is 0. The second-order valence-corrected chi connectivity index (χ2v) is 0. The first-order valence-electron chi connectivity index (χ1n) is 0. The summed E-state index contributed by atoms with van der Waals surface area (Å²) in [6, 6.07) is 0. The van der Waals surface area contributed by atoms with E-state index in [1.54, 1.807) is 0 Å². The molecule has 0 aromatic rings. The first kappa shape index (κ1) is 257. The van der Waals surface area contributed by atoms with E-state index in [4.69, 9.17) is 0 Å². The summed E-state index contributed by atoms with van der Waals surface area (Å²) >= 11 is 0. The molecule has 0 spiro atoms. The molecule has 0 rings (SSSR count). The van der Waals surface area contributed by atoms with Gasteiger partial charge in [0.05, 0.1) is 0 Å². The summed E-state index contributed by atoms with van der Waals surface area (Å²) in [5, 5.41) is 0. The molecule has 0 aliphatic rings. The molecule has 4 heteroatoms. The van der Waals surface area contributed by atoms with Crippen LogP contribution in [0.4, 0.5) is 0 Å². The van der Waals surface area contributed by atoms with Gasteiger partial charge >= 0.3 is 37.6 Å². The molecular formula is CBO2Ti+7. The van der Waals surface area contributed by atoms with Crippen LogP contribution in [0.1, 0.15) is 0 Å². The minimum absolute atomic E-state index is 0. The van der Waals surface area contributed by atoms with Crippen LogP contribution in [0.5, 0.6) is 0 Å². The molecule has 0 heterocycles. The van der Waals surface area contributed by atoms with Gasteiger partial charge in [0, 0.05) is 0 Å². The maximum Gasteiger partial charge on any atom is 4.00 e. The van der Waals surface area contributed by atoms with E-state index in [0.717, 1.165) is 0 Å². The van der Waals surface area contributed by atoms with Crippen LogP contribution < -0.4 is 0 Å². The van der Waals surface area contributed by atoms with Crippen molar-refractivity contribution in [1.82, 2.24) is 0 Å². The molecule has 0 aliphatic heterocycles. The second kappa shape index (κ2) is 132. The van der Waals surface area contributed by atoms with Crippen molar-refractivity contribution in [3.63, 3.8) is 0 Å². The van der Waals surface area contributed by atoms with Gasteiger partial charge in [0.2, 0.25) is 0 Å². The van der Waals surface area contributed by atoms with Crippen molar-refractivity contribution in [3.8, 4) is 0 Å². The normalized spacial score (nSPS) is 0. The minimum atomic E-state index is 0. The third-order valence-corrected chi connectivity index (χ3v) is 0. The Bertz CT molecular complexity index is 9.61.